The smallest absolute Gasteiger partial charge is 0.328 e. The van der Waals surface area contributed by atoms with Crippen molar-refractivity contribution in [3.8, 4) is 0 Å². The number of hydrogen-bond donors (Lipinski definition) is 0. The summed E-state index contributed by atoms with van der Waals surface area (Å²) in [5.74, 6) is -1.29. The van der Waals surface area contributed by atoms with Crippen LogP contribution in [-0.2, 0) is 19.1 Å². The Balaban J connectivity index is 2.10. The van der Waals surface area contributed by atoms with E-state index in [0.717, 1.165) is 11.1 Å². The van der Waals surface area contributed by atoms with E-state index < -0.39 is 17.4 Å². The van der Waals surface area contributed by atoms with E-state index in [0.29, 0.717) is 6.42 Å². The number of fused-ring (bicyclic) bond motifs is 2. The van der Waals surface area contributed by atoms with Crippen molar-refractivity contribution in [2.75, 3.05) is 7.11 Å². The summed E-state index contributed by atoms with van der Waals surface area (Å²) in [4.78, 5) is 24.5. The Morgan fingerprint density at radius 2 is 2.05 bits per heavy atom. The summed E-state index contributed by atoms with van der Waals surface area (Å²) in [5.41, 5.74) is 0.769. The molecule has 3 aliphatic rings. The Morgan fingerprint density at radius 1 is 1.35 bits per heavy atom. The first-order valence-corrected chi connectivity index (χ1v) is 6.63. The van der Waals surface area contributed by atoms with Crippen LogP contribution < -0.4 is 0 Å². The van der Waals surface area contributed by atoms with E-state index in [1.165, 1.54) is 7.11 Å². The number of methoxy groups -OCH3 is 1. The molecule has 2 aliphatic heterocycles. The molecular formula is C16H16O4. The second-order valence-corrected chi connectivity index (χ2v) is 5.36. The Morgan fingerprint density at radius 3 is 2.65 bits per heavy atom. The minimum atomic E-state index is -1.33. The largest absolute Gasteiger partial charge is 0.468 e. The van der Waals surface area contributed by atoms with Crippen LogP contribution >= 0.6 is 0 Å². The molecule has 0 amide bonds. The van der Waals surface area contributed by atoms with Crippen molar-refractivity contribution in [2.24, 2.45) is 5.41 Å². The lowest BCUT2D eigenvalue weighted by molar-refractivity contribution is -0.180. The predicted octanol–water partition coefficient (Wildman–Crippen LogP) is 2.12. The molecule has 2 heterocycles. The number of benzene rings is 1. The van der Waals surface area contributed by atoms with Crippen LogP contribution in [0.2, 0.25) is 0 Å². The Hall–Kier alpha value is -2.10. The van der Waals surface area contributed by atoms with Crippen LogP contribution in [0.4, 0.5) is 0 Å². The molecule has 1 aromatic carbocycles. The van der Waals surface area contributed by atoms with Crippen molar-refractivity contribution >= 4 is 11.9 Å². The van der Waals surface area contributed by atoms with Crippen LogP contribution in [0.1, 0.15) is 23.5 Å². The van der Waals surface area contributed by atoms with Gasteiger partial charge in [-0.3, -0.25) is 9.59 Å². The van der Waals surface area contributed by atoms with E-state index in [4.69, 9.17) is 9.47 Å². The predicted molar refractivity (Wildman–Crippen MR) is 72.0 cm³/mol. The Bertz CT molecular complexity index is 587. The average molecular weight is 272 g/mol. The summed E-state index contributed by atoms with van der Waals surface area (Å²) in [6, 6.07) is 7.90. The van der Waals surface area contributed by atoms with Crippen LogP contribution in [0.5, 0.6) is 0 Å². The SMILES string of the molecule is COC(=O)[C@@]12C=C[C@@H](C[C@H]1c1ccc(C)cc1)OC2=O. The molecule has 1 fully saturated rings. The molecule has 0 saturated carbocycles. The van der Waals surface area contributed by atoms with E-state index in [1.54, 1.807) is 12.2 Å². The number of carbonyl (C=O) groups is 2. The van der Waals surface area contributed by atoms with Crippen molar-refractivity contribution in [3.05, 3.63) is 47.5 Å². The van der Waals surface area contributed by atoms with Crippen LogP contribution in [0.15, 0.2) is 36.4 Å². The van der Waals surface area contributed by atoms with Crippen LogP contribution in [0, 0.1) is 12.3 Å². The summed E-state index contributed by atoms with van der Waals surface area (Å²) in [7, 11) is 1.30. The van der Waals surface area contributed by atoms with Gasteiger partial charge >= 0.3 is 11.9 Å². The quantitative estimate of drug-likeness (QED) is 0.470. The zero-order valence-electron chi connectivity index (χ0n) is 11.5. The average Bonchev–Trinajstić information content (AvgIpc) is 2.47. The lowest BCUT2D eigenvalue weighted by atomic mass is 9.64. The molecule has 2 bridgehead atoms. The number of hydrogen-bond acceptors (Lipinski definition) is 4. The number of carbonyl (C=O) groups excluding carboxylic acids is 2. The fraction of sp³-hybridized carbons (Fsp3) is 0.375. The molecule has 0 N–H and O–H groups in total. The summed E-state index contributed by atoms with van der Waals surface area (Å²) in [5, 5.41) is 0. The molecule has 0 unspecified atom stereocenters. The van der Waals surface area contributed by atoms with Crippen molar-refractivity contribution in [1.82, 2.24) is 0 Å². The maximum atomic E-state index is 12.3. The fourth-order valence-corrected chi connectivity index (χ4v) is 3.06. The molecular weight excluding hydrogens is 256 g/mol. The molecule has 4 heteroatoms. The first-order valence-electron chi connectivity index (χ1n) is 6.63. The molecule has 0 spiro atoms. The number of aryl methyl sites for hydroxylation is 1. The summed E-state index contributed by atoms with van der Waals surface area (Å²) in [6.45, 7) is 2.00. The third kappa shape index (κ3) is 1.68. The summed E-state index contributed by atoms with van der Waals surface area (Å²) >= 11 is 0. The van der Waals surface area contributed by atoms with Gasteiger partial charge in [0.05, 0.1) is 7.11 Å². The number of esters is 2. The molecule has 1 aromatic rings. The van der Waals surface area contributed by atoms with E-state index in [2.05, 4.69) is 0 Å². The minimum absolute atomic E-state index is 0.230. The van der Waals surface area contributed by atoms with Gasteiger partial charge in [-0.15, -0.1) is 0 Å². The van der Waals surface area contributed by atoms with Crippen molar-refractivity contribution in [2.45, 2.75) is 25.4 Å². The van der Waals surface area contributed by atoms with Gasteiger partial charge in [-0.2, -0.15) is 0 Å². The lowest BCUT2D eigenvalue weighted by Gasteiger charge is -2.44. The maximum absolute atomic E-state index is 12.3. The van der Waals surface area contributed by atoms with Gasteiger partial charge in [0.2, 0.25) is 0 Å². The van der Waals surface area contributed by atoms with Crippen molar-refractivity contribution in [1.29, 1.82) is 0 Å². The highest BCUT2D eigenvalue weighted by Crippen LogP contribution is 2.50. The molecule has 4 rings (SSSR count). The van der Waals surface area contributed by atoms with E-state index in [-0.39, 0.29) is 12.0 Å². The van der Waals surface area contributed by atoms with Gasteiger partial charge in [0.25, 0.3) is 0 Å². The second kappa shape index (κ2) is 4.47. The van der Waals surface area contributed by atoms with E-state index in [9.17, 15) is 9.59 Å². The molecule has 20 heavy (non-hydrogen) atoms. The van der Waals surface area contributed by atoms with E-state index >= 15 is 0 Å². The zero-order valence-corrected chi connectivity index (χ0v) is 11.5. The number of ether oxygens (including phenoxy) is 2. The highest BCUT2D eigenvalue weighted by molar-refractivity contribution is 6.05. The fourth-order valence-electron chi connectivity index (χ4n) is 3.06. The van der Waals surface area contributed by atoms with Gasteiger partial charge < -0.3 is 9.47 Å². The molecule has 0 aromatic heterocycles. The lowest BCUT2D eigenvalue weighted by Crippen LogP contribution is -2.53. The minimum Gasteiger partial charge on any atom is -0.468 e. The van der Waals surface area contributed by atoms with Crippen LogP contribution in [0.25, 0.3) is 0 Å². The third-order valence-corrected chi connectivity index (χ3v) is 4.19. The third-order valence-electron chi connectivity index (χ3n) is 4.19. The summed E-state index contributed by atoms with van der Waals surface area (Å²) in [6.07, 6.45) is 3.80. The molecule has 4 nitrogen and oxygen atoms in total. The van der Waals surface area contributed by atoms with Gasteiger partial charge in [0.1, 0.15) is 6.10 Å². The second-order valence-electron chi connectivity index (χ2n) is 5.36. The first kappa shape index (κ1) is 12.9. The van der Waals surface area contributed by atoms with Gasteiger partial charge in [0.15, 0.2) is 5.41 Å². The van der Waals surface area contributed by atoms with Gasteiger partial charge in [-0.1, -0.05) is 35.9 Å². The highest BCUT2D eigenvalue weighted by Gasteiger charge is 2.59. The Labute approximate surface area is 117 Å². The molecule has 104 valence electrons. The number of rotatable bonds is 2. The zero-order chi connectivity index (χ0) is 14.3. The topological polar surface area (TPSA) is 52.6 Å². The van der Waals surface area contributed by atoms with Crippen molar-refractivity contribution in [3.63, 3.8) is 0 Å². The normalized spacial score (nSPS) is 31.0. The standard InChI is InChI=1S/C16H16O4/c1-10-3-5-11(6-4-10)13-9-12-7-8-16(13,14(17)19-2)15(18)20-12/h3-8,12-13H,9H2,1-2H3/t12-,13-,16+/m0/s1. The van der Waals surface area contributed by atoms with Gasteiger partial charge in [-0.25, -0.2) is 0 Å². The van der Waals surface area contributed by atoms with Gasteiger partial charge in [-0.05, 0) is 25.0 Å². The summed E-state index contributed by atoms with van der Waals surface area (Å²) < 4.78 is 10.1. The Kier molecular flexibility index (Phi) is 2.89. The molecule has 0 radical (unpaired) electrons. The molecule has 3 atom stereocenters. The van der Waals surface area contributed by atoms with E-state index in [1.807, 2.05) is 31.2 Å². The van der Waals surface area contributed by atoms with Crippen LogP contribution in [-0.4, -0.2) is 25.2 Å². The molecule has 1 aliphatic carbocycles. The van der Waals surface area contributed by atoms with Gasteiger partial charge in [0, 0.05) is 5.92 Å². The monoisotopic (exact) mass is 272 g/mol. The molecule has 1 saturated heterocycles. The highest BCUT2D eigenvalue weighted by atomic mass is 16.6. The van der Waals surface area contributed by atoms with Crippen molar-refractivity contribution < 1.29 is 19.1 Å². The maximum Gasteiger partial charge on any atom is 0.328 e. The first-order chi connectivity index (χ1) is 9.57. The van der Waals surface area contributed by atoms with Crippen LogP contribution in [0.3, 0.4) is 0 Å².